The number of rotatable bonds is 9. The van der Waals surface area contributed by atoms with Gasteiger partial charge in [-0.3, -0.25) is 28.0 Å². The number of aromatic amines is 1. The number of nitrogens with zero attached hydrogens (tertiary/aromatic N) is 1. The molecule has 1 aromatic heterocycles. The van der Waals surface area contributed by atoms with E-state index in [1.807, 2.05) is 4.98 Å². The van der Waals surface area contributed by atoms with Gasteiger partial charge in [0.15, 0.2) is 0 Å². The van der Waals surface area contributed by atoms with E-state index in [0.29, 0.717) is 0 Å². The van der Waals surface area contributed by atoms with E-state index in [4.69, 9.17) is 19.0 Å². The molecule has 138 valence electrons. The first-order valence-corrected chi connectivity index (χ1v) is 10.00. The molecule has 0 saturated heterocycles. The third-order valence-electron chi connectivity index (χ3n) is 2.71. The maximum atomic E-state index is 11.8. The molecule has 3 atom stereocenters. The van der Waals surface area contributed by atoms with Crippen molar-refractivity contribution in [3.05, 3.63) is 33.1 Å². The van der Waals surface area contributed by atoms with Gasteiger partial charge in [-0.1, -0.05) is 0 Å². The Bertz CT molecular complexity index is 746. The number of nitrogens with one attached hydrogen (secondary N) is 1. The Labute approximate surface area is 135 Å². The van der Waals surface area contributed by atoms with Crippen LogP contribution in [-0.4, -0.2) is 50.7 Å². The lowest BCUT2D eigenvalue weighted by Gasteiger charge is -2.25. The molecule has 1 aromatic rings. The zero-order valence-electron chi connectivity index (χ0n) is 12.8. The summed E-state index contributed by atoms with van der Waals surface area (Å²) in [6.45, 7) is 0.336. The van der Waals surface area contributed by atoms with E-state index >= 15 is 0 Å². The maximum absolute atomic E-state index is 11.8. The first-order valence-electron chi connectivity index (χ1n) is 6.44. The summed E-state index contributed by atoms with van der Waals surface area (Å²) in [4.78, 5) is 51.6. The van der Waals surface area contributed by atoms with Gasteiger partial charge in [-0.15, -0.1) is 0 Å². The molecule has 4 N–H and O–H groups in total. The Morgan fingerprint density at radius 3 is 2.38 bits per heavy atom. The average Bonchev–Trinajstić information content (AvgIpc) is 2.40. The first-order chi connectivity index (χ1) is 10.9. The summed E-state index contributed by atoms with van der Waals surface area (Å²) in [5.74, 6) is 0. The number of hydrogen-bond acceptors (Lipinski definition) is 7. The predicted octanol–water partition coefficient (Wildman–Crippen LogP) is -0.619. The van der Waals surface area contributed by atoms with Crippen LogP contribution in [0.1, 0.15) is 12.6 Å². The molecule has 24 heavy (non-hydrogen) atoms. The third-order valence-corrected chi connectivity index (χ3v) is 3.83. The van der Waals surface area contributed by atoms with E-state index in [1.54, 1.807) is 0 Å². The van der Waals surface area contributed by atoms with Crippen LogP contribution >= 0.6 is 15.4 Å². The Hall–Kier alpha value is -1.10. The highest BCUT2D eigenvalue weighted by atomic mass is 31.2. The quantitative estimate of drug-likeness (QED) is 0.399. The Morgan fingerprint density at radius 2 is 1.92 bits per heavy atom. The molecule has 1 rings (SSSR count). The zero-order valence-corrected chi connectivity index (χ0v) is 14.6. The van der Waals surface area contributed by atoms with Crippen LogP contribution in [0.3, 0.4) is 0 Å². The number of ether oxygens (including phenoxy) is 1. The van der Waals surface area contributed by atoms with Gasteiger partial charge in [0.1, 0.15) is 6.23 Å². The molecule has 0 aliphatic heterocycles. The van der Waals surface area contributed by atoms with Crippen molar-refractivity contribution in [2.75, 3.05) is 20.4 Å². The molecule has 14 heteroatoms. The summed E-state index contributed by atoms with van der Waals surface area (Å²) in [5.41, 5.74) is -1.57. The molecule has 0 spiro atoms. The number of phosphoric acid groups is 1. The first kappa shape index (κ1) is 20.9. The number of methoxy groups -OCH3 is 1. The number of phosphoric ester groups is 1. The van der Waals surface area contributed by atoms with E-state index in [-0.39, 0.29) is 6.42 Å². The van der Waals surface area contributed by atoms with Gasteiger partial charge >= 0.3 is 21.1 Å². The van der Waals surface area contributed by atoms with E-state index in [2.05, 4.69) is 4.52 Å². The standard InChI is InChI=1S/C10H18N2O10P2/c1-20-7(6-21-24(17,18)19)5-9(22-23(2,15)16)12-4-3-8(13)11-10(12)14/h3-4,7,9H,5-6H2,1-2H3,(H,15,16)(H,11,13,14)(H2,17,18,19)/t7?,9-/m1/s1. The van der Waals surface area contributed by atoms with Crippen LogP contribution in [0.5, 0.6) is 0 Å². The minimum absolute atomic E-state index is 0.263. The van der Waals surface area contributed by atoms with Gasteiger partial charge in [0.05, 0.1) is 12.7 Å². The number of H-pyrrole nitrogens is 1. The molecule has 0 bridgehead atoms. The van der Waals surface area contributed by atoms with Crippen LogP contribution in [0, 0.1) is 0 Å². The van der Waals surface area contributed by atoms with Gasteiger partial charge in [0, 0.05) is 32.5 Å². The second-order valence-electron chi connectivity index (χ2n) is 4.76. The second kappa shape index (κ2) is 8.32. The topological polar surface area (TPSA) is 177 Å². The monoisotopic (exact) mass is 388 g/mol. The third kappa shape index (κ3) is 7.65. The van der Waals surface area contributed by atoms with E-state index in [9.17, 15) is 23.6 Å². The lowest BCUT2D eigenvalue weighted by molar-refractivity contribution is -0.00729. The molecule has 0 saturated carbocycles. The highest BCUT2D eigenvalue weighted by molar-refractivity contribution is 7.51. The van der Waals surface area contributed by atoms with Gasteiger partial charge in [0.25, 0.3) is 5.56 Å². The molecular weight excluding hydrogens is 370 g/mol. The van der Waals surface area contributed by atoms with Gasteiger partial charge in [-0.05, 0) is 0 Å². The zero-order chi connectivity index (χ0) is 18.5. The minimum Gasteiger partial charge on any atom is -0.379 e. The van der Waals surface area contributed by atoms with Gasteiger partial charge < -0.3 is 19.4 Å². The lowest BCUT2D eigenvalue weighted by Crippen LogP contribution is -2.34. The molecule has 0 aliphatic carbocycles. The fourth-order valence-corrected chi connectivity index (χ4v) is 2.72. The molecule has 2 unspecified atom stereocenters. The van der Waals surface area contributed by atoms with Crippen LogP contribution < -0.4 is 11.2 Å². The van der Waals surface area contributed by atoms with E-state index in [1.165, 1.54) is 7.11 Å². The number of hydrogen-bond donors (Lipinski definition) is 4. The summed E-state index contributed by atoms with van der Waals surface area (Å²) in [5, 5.41) is 0. The maximum Gasteiger partial charge on any atom is 0.469 e. The summed E-state index contributed by atoms with van der Waals surface area (Å²) in [6, 6.07) is 1.00. The summed E-state index contributed by atoms with van der Waals surface area (Å²) in [6.07, 6.45) is -1.53. The van der Waals surface area contributed by atoms with Crippen molar-refractivity contribution >= 4 is 15.4 Å². The fraction of sp³-hybridized carbons (Fsp3) is 0.600. The summed E-state index contributed by atoms with van der Waals surface area (Å²) >= 11 is 0. The molecular formula is C10H18N2O10P2. The molecule has 0 aliphatic rings. The number of aromatic nitrogens is 2. The normalized spacial score (nSPS) is 17.2. The Balaban J connectivity index is 3.05. The van der Waals surface area contributed by atoms with Gasteiger partial charge in [-0.25, -0.2) is 9.36 Å². The van der Waals surface area contributed by atoms with Crippen molar-refractivity contribution in [2.45, 2.75) is 18.8 Å². The molecule has 0 aromatic carbocycles. The van der Waals surface area contributed by atoms with Gasteiger partial charge in [0.2, 0.25) is 0 Å². The van der Waals surface area contributed by atoms with Crippen molar-refractivity contribution in [1.82, 2.24) is 9.55 Å². The highest BCUT2D eigenvalue weighted by Crippen LogP contribution is 2.42. The van der Waals surface area contributed by atoms with Crippen molar-refractivity contribution in [2.24, 2.45) is 0 Å². The molecule has 12 nitrogen and oxygen atoms in total. The van der Waals surface area contributed by atoms with Crippen LogP contribution in [0.25, 0.3) is 0 Å². The van der Waals surface area contributed by atoms with Crippen LogP contribution in [0.15, 0.2) is 21.9 Å². The molecule has 0 radical (unpaired) electrons. The minimum atomic E-state index is -4.75. The highest BCUT2D eigenvalue weighted by Gasteiger charge is 2.27. The van der Waals surface area contributed by atoms with Crippen LogP contribution in [-0.2, 0) is 22.9 Å². The Morgan fingerprint density at radius 1 is 1.29 bits per heavy atom. The lowest BCUT2D eigenvalue weighted by atomic mass is 10.2. The van der Waals surface area contributed by atoms with Crippen molar-refractivity contribution in [1.29, 1.82) is 0 Å². The summed E-state index contributed by atoms with van der Waals surface area (Å²) in [7, 11) is -7.57. The van der Waals surface area contributed by atoms with Gasteiger partial charge in [-0.2, -0.15) is 0 Å². The van der Waals surface area contributed by atoms with E-state index < -0.39 is 45.6 Å². The largest absolute Gasteiger partial charge is 0.469 e. The fourth-order valence-electron chi connectivity index (χ4n) is 1.72. The average molecular weight is 388 g/mol. The molecule has 0 fully saturated rings. The summed E-state index contributed by atoms with van der Waals surface area (Å²) < 4.78 is 37.3. The second-order valence-corrected chi connectivity index (χ2v) is 7.82. The molecule has 0 amide bonds. The molecule has 1 heterocycles. The predicted molar refractivity (Wildman–Crippen MR) is 80.6 cm³/mol. The van der Waals surface area contributed by atoms with Crippen LogP contribution in [0.2, 0.25) is 0 Å². The van der Waals surface area contributed by atoms with Crippen molar-refractivity contribution < 1.29 is 37.6 Å². The van der Waals surface area contributed by atoms with Crippen molar-refractivity contribution in [3.63, 3.8) is 0 Å². The SMILES string of the molecule is COC(COP(=O)(O)O)C[C@@H](OP(C)(=O)O)n1ccc(=O)[nH]c1=O. The Kier molecular flexibility index (Phi) is 7.26. The smallest absolute Gasteiger partial charge is 0.379 e. The van der Waals surface area contributed by atoms with Crippen LogP contribution in [0.4, 0.5) is 0 Å². The van der Waals surface area contributed by atoms with Crippen molar-refractivity contribution in [3.8, 4) is 0 Å². The van der Waals surface area contributed by atoms with E-state index in [0.717, 1.165) is 23.5 Å².